The van der Waals surface area contributed by atoms with Gasteiger partial charge in [0.2, 0.25) is 11.8 Å². The maximum Gasteiger partial charge on any atom is 0.309 e. The smallest absolute Gasteiger partial charge is 0.309 e. The number of rotatable bonds is 4. The van der Waals surface area contributed by atoms with Crippen LogP contribution in [0.2, 0.25) is 0 Å². The van der Waals surface area contributed by atoms with Crippen molar-refractivity contribution in [1.29, 1.82) is 0 Å². The summed E-state index contributed by atoms with van der Waals surface area (Å²) in [5, 5.41) is 15.7. The van der Waals surface area contributed by atoms with E-state index in [1.807, 2.05) is 13.0 Å². The van der Waals surface area contributed by atoms with Crippen LogP contribution in [0.1, 0.15) is 46.0 Å². The summed E-state index contributed by atoms with van der Waals surface area (Å²) in [6, 6.07) is 6.12. The van der Waals surface area contributed by atoms with Gasteiger partial charge in [-0.15, -0.1) is 5.10 Å². The first kappa shape index (κ1) is 23.4. The minimum absolute atomic E-state index is 0.0798. The van der Waals surface area contributed by atoms with Gasteiger partial charge in [0, 0.05) is 30.7 Å². The Labute approximate surface area is 203 Å². The number of hydrazone groups is 1. The Morgan fingerprint density at radius 3 is 2.71 bits per heavy atom. The molecule has 2 aliphatic rings. The molecule has 35 heavy (non-hydrogen) atoms. The summed E-state index contributed by atoms with van der Waals surface area (Å²) in [6.45, 7) is 3.93. The topological polar surface area (TPSA) is 128 Å². The number of anilines is 3. The number of aromatic nitrogens is 3. The minimum atomic E-state index is -1.92. The zero-order valence-electron chi connectivity index (χ0n) is 19.5. The predicted molar refractivity (Wildman–Crippen MR) is 131 cm³/mol. The van der Waals surface area contributed by atoms with Crippen molar-refractivity contribution >= 4 is 51.3 Å². The van der Waals surface area contributed by atoms with Crippen LogP contribution in [0.15, 0.2) is 40.5 Å². The van der Waals surface area contributed by atoms with E-state index in [1.165, 1.54) is 19.1 Å². The fourth-order valence-corrected chi connectivity index (χ4v) is 5.38. The van der Waals surface area contributed by atoms with Crippen molar-refractivity contribution in [1.82, 2.24) is 14.5 Å². The van der Waals surface area contributed by atoms with Crippen molar-refractivity contribution in [2.75, 3.05) is 16.9 Å². The Bertz CT molecular complexity index is 1370. The molecule has 1 fully saturated rings. The van der Waals surface area contributed by atoms with Crippen LogP contribution < -0.4 is 15.5 Å². The zero-order valence-corrected chi connectivity index (χ0v) is 20.3. The fourth-order valence-electron chi connectivity index (χ4n) is 4.93. The van der Waals surface area contributed by atoms with E-state index in [0.717, 1.165) is 43.3 Å². The highest BCUT2D eigenvalue weighted by Gasteiger charge is 2.47. The molecule has 0 radical (unpaired) electrons. The van der Waals surface area contributed by atoms with E-state index < -0.39 is 28.3 Å². The van der Waals surface area contributed by atoms with E-state index in [9.17, 15) is 13.4 Å². The molecule has 1 spiro atoms. The number of fused-ring (bicyclic) bond motifs is 4. The first-order chi connectivity index (χ1) is 16.8. The number of halogens is 1. The molecule has 3 heterocycles. The van der Waals surface area contributed by atoms with Crippen molar-refractivity contribution in [2.45, 2.75) is 56.4 Å². The normalized spacial score (nSPS) is 17.7. The summed E-state index contributed by atoms with van der Waals surface area (Å²) in [5.74, 6) is 0.416. The number of ether oxygens (including phenoxy) is 1. The van der Waals surface area contributed by atoms with Crippen LogP contribution in [-0.4, -0.2) is 37.2 Å². The second-order valence-corrected chi connectivity index (χ2v) is 9.72. The number of esters is 1. The summed E-state index contributed by atoms with van der Waals surface area (Å²) < 4.78 is 33.5. The molecule has 1 atom stereocenters. The van der Waals surface area contributed by atoms with Crippen molar-refractivity contribution in [2.24, 2.45) is 10.2 Å². The Balaban J connectivity index is 1.61. The largest absolute Gasteiger partial charge is 0.407 e. The van der Waals surface area contributed by atoms with Crippen LogP contribution >= 0.6 is 0 Å². The number of nitrogens with two attached hydrogens (primary N) is 1. The standard InChI is InChI=1S/C23H26FN7O3S/c1-3-30-19-11-15-13-26-22(27-16-7-8-18(35(25)33)17(24)12-16)28-20(15)31(19)23(9-5-4-6-10-23)21(29-30)34-14(2)32/h7-8,11-13H,3-6,9-10,25H2,1-2H3,(H,26,27,28). The highest BCUT2D eigenvalue weighted by Crippen LogP contribution is 2.45. The molecule has 1 aliphatic carbocycles. The number of carbonyl (C=O) groups is 1. The number of nitrogens with one attached hydrogen (secondary N) is 1. The molecule has 3 aromatic rings. The summed E-state index contributed by atoms with van der Waals surface area (Å²) in [7, 11) is -1.92. The van der Waals surface area contributed by atoms with Crippen LogP contribution in [0.4, 0.5) is 21.8 Å². The van der Waals surface area contributed by atoms with Crippen molar-refractivity contribution < 1.29 is 18.1 Å². The molecule has 1 aromatic carbocycles. The number of hydrogen-bond donors (Lipinski definition) is 2. The number of nitrogens with zero attached hydrogens (tertiary/aromatic N) is 5. The second-order valence-electron chi connectivity index (χ2n) is 8.68. The number of hydrogen-bond acceptors (Lipinski definition) is 8. The molecule has 1 aliphatic heterocycles. The molecule has 1 unspecified atom stereocenters. The van der Waals surface area contributed by atoms with E-state index in [-0.39, 0.29) is 10.8 Å². The van der Waals surface area contributed by atoms with Gasteiger partial charge >= 0.3 is 5.97 Å². The molecule has 5 rings (SSSR count). The van der Waals surface area contributed by atoms with Crippen LogP contribution in [-0.2, 0) is 26.1 Å². The van der Waals surface area contributed by atoms with Crippen LogP contribution in [0, 0.1) is 5.82 Å². The highest BCUT2D eigenvalue weighted by atomic mass is 32.2. The Morgan fingerprint density at radius 2 is 2.06 bits per heavy atom. The van der Waals surface area contributed by atoms with Crippen LogP contribution in [0.5, 0.6) is 0 Å². The van der Waals surface area contributed by atoms with Crippen LogP contribution in [0.25, 0.3) is 11.0 Å². The number of benzene rings is 1. The maximum atomic E-state index is 14.3. The van der Waals surface area contributed by atoms with E-state index in [1.54, 1.807) is 17.3 Å². The Morgan fingerprint density at radius 1 is 1.29 bits per heavy atom. The molecule has 3 N–H and O–H groups in total. The van der Waals surface area contributed by atoms with Crippen molar-refractivity contribution in [3.8, 4) is 0 Å². The minimum Gasteiger partial charge on any atom is -0.407 e. The molecular formula is C23H26FN7O3S. The lowest BCUT2D eigenvalue weighted by molar-refractivity contribution is -0.133. The fraction of sp³-hybridized carbons (Fsp3) is 0.391. The van der Waals surface area contributed by atoms with Crippen molar-refractivity contribution in [3.63, 3.8) is 0 Å². The van der Waals surface area contributed by atoms with E-state index in [2.05, 4.69) is 14.9 Å². The maximum absolute atomic E-state index is 14.3. The predicted octanol–water partition coefficient (Wildman–Crippen LogP) is 3.67. The molecule has 12 heteroatoms. The monoisotopic (exact) mass is 499 g/mol. The van der Waals surface area contributed by atoms with Gasteiger partial charge in [-0.3, -0.25) is 9.36 Å². The third-order valence-corrected chi connectivity index (χ3v) is 7.21. The van der Waals surface area contributed by atoms with E-state index >= 15 is 0 Å². The summed E-state index contributed by atoms with van der Waals surface area (Å²) in [5.41, 5.74) is 0.431. The molecule has 1 saturated carbocycles. The third kappa shape index (κ3) is 4.06. The lowest BCUT2D eigenvalue weighted by Gasteiger charge is -2.43. The van der Waals surface area contributed by atoms with Gasteiger partial charge in [0.05, 0.1) is 4.90 Å². The van der Waals surface area contributed by atoms with Gasteiger partial charge in [0.15, 0.2) is 0 Å². The lowest BCUT2D eigenvalue weighted by Crippen LogP contribution is -2.50. The van der Waals surface area contributed by atoms with Gasteiger partial charge in [0.25, 0.3) is 0 Å². The quantitative estimate of drug-likeness (QED) is 0.524. The number of carbonyl (C=O) groups excluding carboxylic acids is 1. The van der Waals surface area contributed by atoms with Gasteiger partial charge in [-0.2, -0.15) is 4.98 Å². The first-order valence-corrected chi connectivity index (χ1v) is 12.7. The highest BCUT2D eigenvalue weighted by molar-refractivity contribution is 7.82. The molecule has 0 bridgehead atoms. The van der Waals surface area contributed by atoms with Gasteiger partial charge < -0.3 is 10.1 Å². The van der Waals surface area contributed by atoms with Gasteiger partial charge in [-0.1, -0.05) is 19.3 Å². The van der Waals surface area contributed by atoms with Crippen molar-refractivity contribution in [3.05, 3.63) is 36.3 Å². The summed E-state index contributed by atoms with van der Waals surface area (Å²) in [4.78, 5) is 21.1. The van der Waals surface area contributed by atoms with Crippen LogP contribution in [0.3, 0.4) is 0 Å². The Hall–Kier alpha value is -3.38. The first-order valence-electron chi connectivity index (χ1n) is 11.5. The summed E-state index contributed by atoms with van der Waals surface area (Å²) in [6.07, 6.45) is 6.27. The zero-order chi connectivity index (χ0) is 24.7. The van der Waals surface area contributed by atoms with Gasteiger partial charge in [0.1, 0.15) is 33.8 Å². The van der Waals surface area contributed by atoms with E-state index in [0.29, 0.717) is 23.8 Å². The van der Waals surface area contributed by atoms with E-state index in [4.69, 9.17) is 20.0 Å². The second kappa shape index (κ2) is 9.00. The third-order valence-electron chi connectivity index (χ3n) is 6.45. The SMILES string of the molecule is CCN1N=C(OC(C)=O)C2(CCCCC2)n2c1cc1cnc(Nc3ccc(S(N)=O)c(F)c3)nc12. The molecule has 10 nitrogen and oxygen atoms in total. The van der Waals surface area contributed by atoms with Gasteiger partial charge in [-0.05, 0) is 44.0 Å². The summed E-state index contributed by atoms with van der Waals surface area (Å²) >= 11 is 0. The Kier molecular flexibility index (Phi) is 6.01. The average molecular weight is 500 g/mol. The molecule has 2 aromatic heterocycles. The lowest BCUT2D eigenvalue weighted by atomic mass is 9.80. The molecule has 0 saturated heterocycles. The van der Waals surface area contributed by atoms with Gasteiger partial charge in [-0.25, -0.2) is 23.7 Å². The molecule has 0 amide bonds. The average Bonchev–Trinajstić information content (AvgIpc) is 3.21. The molecular weight excluding hydrogens is 473 g/mol. The molecule has 184 valence electrons.